The molecule has 0 radical (unpaired) electrons. The van der Waals surface area contributed by atoms with Crippen molar-refractivity contribution in [3.05, 3.63) is 64.6 Å². The van der Waals surface area contributed by atoms with E-state index in [2.05, 4.69) is 0 Å². The molecule has 2 N–H and O–H groups in total. The van der Waals surface area contributed by atoms with Gasteiger partial charge in [0.15, 0.2) is 0 Å². The van der Waals surface area contributed by atoms with Crippen LogP contribution in [0, 0.1) is 5.82 Å². The second-order valence-electron chi connectivity index (χ2n) is 6.25. The van der Waals surface area contributed by atoms with Crippen LogP contribution in [0.15, 0.2) is 48.2 Å². The Morgan fingerprint density at radius 2 is 1.63 bits per heavy atom. The molecule has 0 saturated heterocycles. The molecule has 30 heavy (non-hydrogen) atoms. The molecule has 2 aromatic carbocycles. The molecule has 0 bridgehead atoms. The Bertz CT molecular complexity index is 975. The summed E-state index contributed by atoms with van der Waals surface area (Å²) in [5.41, 5.74) is -2.41. The van der Waals surface area contributed by atoms with Crippen LogP contribution in [0.3, 0.4) is 0 Å². The highest BCUT2D eigenvalue weighted by atomic mass is 35.5. The predicted octanol–water partition coefficient (Wildman–Crippen LogP) is 5.69. The van der Waals surface area contributed by atoms with Gasteiger partial charge in [0.1, 0.15) is 29.7 Å². The molecule has 0 fully saturated rings. The molecule has 0 spiro atoms. The Morgan fingerprint density at radius 1 is 0.967 bits per heavy atom. The first kappa shape index (κ1) is 22.0. The summed E-state index contributed by atoms with van der Waals surface area (Å²) in [6.45, 7) is -0.873. The minimum Gasteiger partial charge on any atom is -0.455 e. The highest BCUT2D eigenvalue weighted by Gasteiger charge is 2.39. The molecule has 3 rings (SSSR count). The lowest BCUT2D eigenvalue weighted by Gasteiger charge is -2.36. The van der Waals surface area contributed by atoms with E-state index in [0.717, 1.165) is 35.2 Å². The fraction of sp³-hybridized carbons (Fsp3) is 0.222. The van der Waals surface area contributed by atoms with Gasteiger partial charge in [0, 0.05) is 12.6 Å². The van der Waals surface area contributed by atoms with Crippen molar-refractivity contribution in [2.45, 2.75) is 12.4 Å². The van der Waals surface area contributed by atoms with E-state index in [1.165, 1.54) is 12.1 Å². The summed E-state index contributed by atoms with van der Waals surface area (Å²) in [5, 5.41) is 0.0678. The third-order valence-corrected chi connectivity index (χ3v) is 4.48. The minimum atomic E-state index is -4.71. The zero-order valence-corrected chi connectivity index (χ0v) is 15.6. The van der Waals surface area contributed by atoms with Crippen molar-refractivity contribution in [3.8, 4) is 11.5 Å². The fourth-order valence-corrected chi connectivity index (χ4v) is 3.02. The van der Waals surface area contributed by atoms with E-state index >= 15 is 0 Å². The van der Waals surface area contributed by atoms with Crippen LogP contribution >= 0.6 is 11.6 Å². The first-order valence-electron chi connectivity index (χ1n) is 8.25. The third-order valence-electron chi connectivity index (χ3n) is 4.18. The van der Waals surface area contributed by atoms with Gasteiger partial charge in [-0.05, 0) is 24.3 Å². The number of nitrogens with zero attached hydrogens (tertiary/aromatic N) is 2. The van der Waals surface area contributed by atoms with E-state index < -0.39 is 41.8 Å². The lowest BCUT2D eigenvalue weighted by Crippen LogP contribution is -2.49. The number of hydrogen-bond acceptors (Lipinski definition) is 4. The van der Waals surface area contributed by atoms with Crippen molar-refractivity contribution >= 4 is 17.3 Å². The number of anilines is 1. The lowest BCUT2D eigenvalue weighted by atomic mass is 10.2. The number of nitrogens with two attached hydrogens (primary N) is 1. The van der Waals surface area contributed by atoms with Crippen molar-refractivity contribution in [1.29, 1.82) is 0 Å². The van der Waals surface area contributed by atoms with Crippen LogP contribution in [0.4, 0.5) is 36.4 Å². The van der Waals surface area contributed by atoms with Gasteiger partial charge in [-0.1, -0.05) is 23.7 Å². The maximum absolute atomic E-state index is 14.4. The van der Waals surface area contributed by atoms with Crippen molar-refractivity contribution < 1.29 is 35.5 Å². The molecule has 1 aliphatic rings. The molecule has 0 amide bonds. The number of hydrogen-bond donors (Lipinski definition) is 1. The van der Waals surface area contributed by atoms with Crippen LogP contribution in [0.1, 0.15) is 5.56 Å². The van der Waals surface area contributed by atoms with Crippen molar-refractivity contribution in [2.75, 3.05) is 18.1 Å². The molecule has 0 saturated carbocycles. The molecule has 4 nitrogen and oxygen atoms in total. The van der Waals surface area contributed by atoms with E-state index in [0.29, 0.717) is 5.01 Å². The summed E-state index contributed by atoms with van der Waals surface area (Å²) in [5.74, 6) is 3.62. The van der Waals surface area contributed by atoms with Crippen molar-refractivity contribution in [3.63, 3.8) is 0 Å². The number of alkyl halides is 6. The number of ether oxygens (including phenoxy) is 1. The normalized spacial score (nSPS) is 15.3. The highest BCUT2D eigenvalue weighted by Crippen LogP contribution is 2.41. The Hall–Kier alpha value is -2.66. The first-order valence-corrected chi connectivity index (χ1v) is 8.63. The molecular formula is C18H13ClF7N3O. The lowest BCUT2D eigenvalue weighted by molar-refractivity contribution is -0.138. The molecule has 0 unspecified atom stereocenters. The van der Waals surface area contributed by atoms with Gasteiger partial charge in [0.25, 0.3) is 0 Å². The quantitative estimate of drug-likeness (QED) is 0.477. The summed E-state index contributed by atoms with van der Waals surface area (Å²) in [6, 6.07) is 6.14. The van der Waals surface area contributed by atoms with Crippen LogP contribution in [-0.2, 0) is 6.18 Å². The maximum atomic E-state index is 14.4. The fourth-order valence-electron chi connectivity index (χ4n) is 2.83. The SMILES string of the molecule is NN1CN(c2cc(Oc3ccccc3C(F)(F)F)c(Cl)cc2F)CC=C1C(F)(F)F. The zero-order chi connectivity index (χ0) is 22.3. The molecule has 162 valence electrons. The summed E-state index contributed by atoms with van der Waals surface area (Å²) < 4.78 is 97.8. The van der Waals surface area contributed by atoms with Gasteiger partial charge < -0.3 is 9.64 Å². The van der Waals surface area contributed by atoms with Gasteiger partial charge in [0.05, 0.1) is 16.3 Å². The summed E-state index contributed by atoms with van der Waals surface area (Å²) in [4.78, 5) is 1.14. The second-order valence-corrected chi connectivity index (χ2v) is 6.66. The Morgan fingerprint density at radius 3 is 2.23 bits per heavy atom. The summed E-state index contributed by atoms with van der Waals surface area (Å²) >= 11 is 5.91. The van der Waals surface area contributed by atoms with Gasteiger partial charge in [-0.15, -0.1) is 0 Å². The zero-order valence-electron chi connectivity index (χ0n) is 14.9. The number of halogens is 8. The van der Waals surface area contributed by atoms with E-state index in [4.69, 9.17) is 22.2 Å². The molecule has 0 atom stereocenters. The molecule has 1 heterocycles. The average molecular weight is 456 g/mol. The molecule has 2 aromatic rings. The Balaban J connectivity index is 1.95. The van der Waals surface area contributed by atoms with Gasteiger partial charge in [0.2, 0.25) is 0 Å². The van der Waals surface area contributed by atoms with Gasteiger partial charge in [-0.3, -0.25) is 5.01 Å². The van der Waals surface area contributed by atoms with E-state index in [1.54, 1.807) is 0 Å². The summed E-state index contributed by atoms with van der Waals surface area (Å²) in [6.07, 6.45) is -8.64. The summed E-state index contributed by atoms with van der Waals surface area (Å²) in [7, 11) is 0. The second kappa shape index (κ2) is 7.88. The molecular weight excluding hydrogens is 443 g/mol. The number of hydrazine groups is 1. The molecule has 0 aromatic heterocycles. The van der Waals surface area contributed by atoms with E-state index in [1.807, 2.05) is 0 Å². The van der Waals surface area contributed by atoms with Crippen molar-refractivity contribution in [1.82, 2.24) is 5.01 Å². The minimum absolute atomic E-state index is 0.244. The Kier molecular flexibility index (Phi) is 5.79. The van der Waals surface area contributed by atoms with E-state index in [-0.39, 0.29) is 23.0 Å². The first-order chi connectivity index (χ1) is 13.9. The van der Waals surface area contributed by atoms with Crippen LogP contribution in [0.2, 0.25) is 5.02 Å². The maximum Gasteiger partial charge on any atom is 0.432 e. The number of para-hydroxylation sites is 1. The topological polar surface area (TPSA) is 41.7 Å². The van der Waals surface area contributed by atoms with Crippen LogP contribution in [0.25, 0.3) is 0 Å². The van der Waals surface area contributed by atoms with Crippen LogP contribution in [-0.4, -0.2) is 24.4 Å². The van der Waals surface area contributed by atoms with Crippen LogP contribution < -0.4 is 15.5 Å². The van der Waals surface area contributed by atoms with Gasteiger partial charge >= 0.3 is 12.4 Å². The largest absolute Gasteiger partial charge is 0.455 e. The highest BCUT2D eigenvalue weighted by molar-refractivity contribution is 6.32. The van der Waals surface area contributed by atoms with Gasteiger partial charge in [-0.25, -0.2) is 10.2 Å². The van der Waals surface area contributed by atoms with E-state index in [9.17, 15) is 30.7 Å². The number of benzene rings is 2. The smallest absolute Gasteiger partial charge is 0.432 e. The number of rotatable bonds is 3. The third kappa shape index (κ3) is 4.57. The standard InChI is InChI=1S/C18H13ClF7N3O/c19-11-7-12(20)13(28-6-5-16(18(24,25)26)29(27)9-28)8-15(11)30-14-4-2-1-3-10(14)17(21,22)23/h1-5,7-8H,6,9,27H2. The van der Waals surface area contributed by atoms with Crippen molar-refractivity contribution in [2.24, 2.45) is 5.84 Å². The van der Waals surface area contributed by atoms with Gasteiger partial charge in [-0.2, -0.15) is 26.3 Å². The average Bonchev–Trinajstić information content (AvgIpc) is 2.62. The Labute approximate surface area is 170 Å². The molecule has 12 heteroatoms. The molecule has 1 aliphatic heterocycles. The number of allylic oxidation sites excluding steroid dienone is 1. The monoisotopic (exact) mass is 455 g/mol. The predicted molar refractivity (Wildman–Crippen MR) is 95.3 cm³/mol. The van der Waals surface area contributed by atoms with Crippen LogP contribution in [0.5, 0.6) is 11.5 Å². The molecule has 0 aliphatic carbocycles.